The van der Waals surface area contributed by atoms with Crippen LogP contribution < -0.4 is 4.74 Å². The highest BCUT2D eigenvalue weighted by Gasteiger charge is 2.06. The molecule has 2 aromatic rings. The molecule has 1 heterocycles. The summed E-state index contributed by atoms with van der Waals surface area (Å²) in [4.78, 5) is 1.33. The molecular formula is C11H12OS. The molecule has 0 saturated heterocycles. The smallest absolute Gasteiger partial charge is 0.130 e. The minimum atomic E-state index is 1.02. The van der Waals surface area contributed by atoms with Crippen molar-refractivity contribution in [2.24, 2.45) is 0 Å². The van der Waals surface area contributed by atoms with Gasteiger partial charge in [-0.1, -0.05) is 6.07 Å². The van der Waals surface area contributed by atoms with E-state index < -0.39 is 0 Å². The molecule has 0 unspecified atom stereocenters. The van der Waals surface area contributed by atoms with E-state index in [0.29, 0.717) is 0 Å². The first kappa shape index (κ1) is 8.57. The highest BCUT2D eigenvalue weighted by atomic mass is 32.1. The van der Waals surface area contributed by atoms with Crippen molar-refractivity contribution in [2.45, 2.75) is 13.8 Å². The van der Waals surface area contributed by atoms with Crippen LogP contribution in [0.5, 0.6) is 5.75 Å². The zero-order chi connectivity index (χ0) is 9.42. The monoisotopic (exact) mass is 192 g/mol. The Hall–Kier alpha value is -1.02. The van der Waals surface area contributed by atoms with Crippen LogP contribution in [0.3, 0.4) is 0 Å². The Balaban J connectivity index is 2.82. The van der Waals surface area contributed by atoms with Crippen molar-refractivity contribution in [1.29, 1.82) is 0 Å². The van der Waals surface area contributed by atoms with E-state index in [-0.39, 0.29) is 0 Å². The summed E-state index contributed by atoms with van der Waals surface area (Å²) in [5.74, 6) is 1.02. The van der Waals surface area contributed by atoms with Gasteiger partial charge in [0.2, 0.25) is 0 Å². The predicted octanol–water partition coefficient (Wildman–Crippen LogP) is 3.53. The molecule has 0 aliphatic rings. The lowest BCUT2D eigenvalue weighted by atomic mass is 10.1. The second-order valence-corrected chi connectivity index (χ2v) is 4.47. The molecular weight excluding hydrogens is 180 g/mol. The van der Waals surface area contributed by atoms with Crippen LogP contribution in [0.2, 0.25) is 0 Å². The molecule has 1 aromatic heterocycles. The second-order valence-electron chi connectivity index (χ2n) is 3.18. The van der Waals surface area contributed by atoms with Crippen molar-refractivity contribution in [3.05, 3.63) is 28.6 Å². The largest absolute Gasteiger partial charge is 0.496 e. The number of hydrogen-bond acceptors (Lipinski definition) is 2. The maximum Gasteiger partial charge on any atom is 0.130 e. The third-order valence-electron chi connectivity index (χ3n) is 2.18. The van der Waals surface area contributed by atoms with Crippen molar-refractivity contribution < 1.29 is 4.74 Å². The third kappa shape index (κ3) is 1.31. The van der Waals surface area contributed by atoms with Crippen molar-refractivity contribution >= 4 is 21.4 Å². The van der Waals surface area contributed by atoms with Crippen LogP contribution in [-0.4, -0.2) is 7.11 Å². The van der Waals surface area contributed by atoms with Crippen molar-refractivity contribution in [3.63, 3.8) is 0 Å². The van der Waals surface area contributed by atoms with Gasteiger partial charge in [0.05, 0.1) is 7.11 Å². The maximum atomic E-state index is 5.38. The van der Waals surface area contributed by atoms with E-state index >= 15 is 0 Å². The fraction of sp³-hybridized carbons (Fsp3) is 0.273. The first-order chi connectivity index (χ1) is 6.22. The summed E-state index contributed by atoms with van der Waals surface area (Å²) in [7, 11) is 1.73. The Bertz CT molecular complexity index is 443. The number of rotatable bonds is 1. The number of aryl methyl sites for hydroxylation is 2. The van der Waals surface area contributed by atoms with Gasteiger partial charge in [0.15, 0.2) is 0 Å². The third-order valence-corrected chi connectivity index (χ3v) is 3.19. The van der Waals surface area contributed by atoms with Crippen LogP contribution in [0.1, 0.15) is 10.4 Å². The predicted molar refractivity (Wildman–Crippen MR) is 57.9 cm³/mol. The average molecular weight is 192 g/mol. The minimum Gasteiger partial charge on any atom is -0.496 e. The molecule has 0 bridgehead atoms. The highest BCUT2D eigenvalue weighted by Crippen LogP contribution is 2.34. The number of benzene rings is 1. The van der Waals surface area contributed by atoms with Crippen LogP contribution in [0.25, 0.3) is 10.1 Å². The van der Waals surface area contributed by atoms with Gasteiger partial charge in [-0.05, 0) is 31.5 Å². The molecule has 0 aliphatic carbocycles. The Morgan fingerprint density at radius 1 is 1.23 bits per heavy atom. The number of fused-ring (bicyclic) bond motifs is 1. The first-order valence-corrected chi connectivity index (χ1v) is 5.08. The van der Waals surface area contributed by atoms with E-state index in [0.717, 1.165) is 5.75 Å². The molecule has 2 rings (SSSR count). The fourth-order valence-electron chi connectivity index (χ4n) is 1.59. The van der Waals surface area contributed by atoms with Crippen LogP contribution >= 0.6 is 11.3 Å². The Morgan fingerprint density at radius 2 is 2.00 bits per heavy atom. The van der Waals surface area contributed by atoms with E-state index in [1.165, 1.54) is 20.5 Å². The first-order valence-electron chi connectivity index (χ1n) is 4.26. The molecule has 13 heavy (non-hydrogen) atoms. The standard InChI is InChI=1S/C11H12OS/c1-7-4-5-10-9(11(7)12-3)6-8(2)13-10/h4-6H,1-3H3. The molecule has 1 aromatic carbocycles. The molecule has 0 amide bonds. The number of hydrogen-bond donors (Lipinski definition) is 0. The molecule has 0 radical (unpaired) electrons. The lowest BCUT2D eigenvalue weighted by molar-refractivity contribution is 0.417. The molecule has 0 fully saturated rings. The van der Waals surface area contributed by atoms with Crippen LogP contribution in [-0.2, 0) is 0 Å². The summed E-state index contributed by atoms with van der Waals surface area (Å²) in [6.45, 7) is 4.20. The molecule has 0 aliphatic heterocycles. The van der Waals surface area contributed by atoms with Gasteiger partial charge in [-0.2, -0.15) is 0 Å². The normalized spacial score (nSPS) is 10.7. The maximum absolute atomic E-state index is 5.38. The number of methoxy groups -OCH3 is 1. The molecule has 1 nitrogen and oxygen atoms in total. The van der Waals surface area contributed by atoms with Gasteiger partial charge in [-0.25, -0.2) is 0 Å². The Labute approximate surface area is 82.0 Å². The molecule has 0 N–H and O–H groups in total. The summed E-state index contributed by atoms with van der Waals surface area (Å²) in [5.41, 5.74) is 1.20. The summed E-state index contributed by atoms with van der Waals surface area (Å²) >= 11 is 1.81. The van der Waals surface area contributed by atoms with Crippen LogP contribution in [0, 0.1) is 13.8 Å². The Kier molecular flexibility index (Phi) is 2.00. The molecule has 2 heteroatoms. The zero-order valence-corrected chi connectivity index (χ0v) is 8.87. The van der Waals surface area contributed by atoms with Gasteiger partial charge < -0.3 is 4.74 Å². The lowest BCUT2D eigenvalue weighted by Crippen LogP contribution is -1.86. The molecule has 68 valence electrons. The van der Waals surface area contributed by atoms with Gasteiger partial charge in [0.25, 0.3) is 0 Å². The number of thiophene rings is 1. The summed E-state index contributed by atoms with van der Waals surface area (Å²) in [5, 5.41) is 1.24. The van der Waals surface area contributed by atoms with Crippen molar-refractivity contribution in [3.8, 4) is 5.75 Å². The van der Waals surface area contributed by atoms with E-state index in [1.807, 2.05) is 11.3 Å². The number of ether oxygens (including phenoxy) is 1. The van der Waals surface area contributed by atoms with Gasteiger partial charge in [0.1, 0.15) is 5.75 Å². The summed E-state index contributed by atoms with van der Waals surface area (Å²) < 4.78 is 6.68. The van der Waals surface area contributed by atoms with Gasteiger partial charge in [-0.3, -0.25) is 0 Å². The second kappa shape index (κ2) is 3.04. The highest BCUT2D eigenvalue weighted by molar-refractivity contribution is 7.19. The van der Waals surface area contributed by atoms with Gasteiger partial charge in [-0.15, -0.1) is 11.3 Å². The van der Waals surface area contributed by atoms with E-state index in [1.54, 1.807) is 7.11 Å². The summed E-state index contributed by atoms with van der Waals surface area (Å²) in [6.07, 6.45) is 0. The van der Waals surface area contributed by atoms with Crippen LogP contribution in [0.15, 0.2) is 18.2 Å². The summed E-state index contributed by atoms with van der Waals surface area (Å²) in [6, 6.07) is 6.45. The zero-order valence-electron chi connectivity index (χ0n) is 8.05. The van der Waals surface area contributed by atoms with Crippen LogP contribution in [0.4, 0.5) is 0 Å². The van der Waals surface area contributed by atoms with Crippen molar-refractivity contribution in [1.82, 2.24) is 0 Å². The molecule has 0 atom stereocenters. The fourth-order valence-corrected chi connectivity index (χ4v) is 2.51. The molecule has 0 saturated carbocycles. The minimum absolute atomic E-state index is 1.02. The van der Waals surface area contributed by atoms with Crippen molar-refractivity contribution in [2.75, 3.05) is 7.11 Å². The van der Waals surface area contributed by atoms with E-state index in [4.69, 9.17) is 4.74 Å². The Morgan fingerprint density at radius 3 is 2.69 bits per heavy atom. The lowest BCUT2D eigenvalue weighted by Gasteiger charge is -2.04. The topological polar surface area (TPSA) is 9.23 Å². The SMILES string of the molecule is COc1c(C)ccc2sc(C)cc12. The van der Waals surface area contributed by atoms with E-state index in [9.17, 15) is 0 Å². The average Bonchev–Trinajstić information content (AvgIpc) is 2.45. The van der Waals surface area contributed by atoms with E-state index in [2.05, 4.69) is 32.0 Å². The van der Waals surface area contributed by atoms with Gasteiger partial charge >= 0.3 is 0 Å². The molecule has 0 spiro atoms. The van der Waals surface area contributed by atoms with Gasteiger partial charge in [0, 0.05) is 15.0 Å². The quantitative estimate of drug-likeness (QED) is 0.671.